The first-order valence-electron chi connectivity index (χ1n) is 7.35. The molecule has 4 atom stereocenters. The predicted octanol–water partition coefficient (Wildman–Crippen LogP) is 1.09. The smallest absolute Gasteiger partial charge is 0.399 e. The van der Waals surface area contributed by atoms with Crippen molar-refractivity contribution in [2.24, 2.45) is 11.8 Å². The molecule has 0 aromatic carbocycles. The monoisotopic (exact) mass is 340 g/mol. The highest BCUT2D eigenvalue weighted by atomic mass is 19.4. The molecule has 0 bridgehead atoms. The van der Waals surface area contributed by atoms with E-state index in [9.17, 15) is 28.1 Å². The summed E-state index contributed by atoms with van der Waals surface area (Å²) < 4.78 is 49.9. The number of carbonyl (C=O) groups excluding carboxylic acids is 1. The fraction of sp³-hybridized carbons (Fsp3) is 0.923. The Bertz CT molecular complexity index is 481. The zero-order valence-corrected chi connectivity index (χ0v) is 12.8. The summed E-state index contributed by atoms with van der Waals surface area (Å²) in [5.74, 6) is -5.00. The van der Waals surface area contributed by atoms with Crippen LogP contribution in [0.1, 0.15) is 13.8 Å². The molecule has 2 aliphatic rings. The molecular formula is C13H19F3N2O5. The first kappa shape index (κ1) is 17.9. The van der Waals surface area contributed by atoms with E-state index in [4.69, 9.17) is 9.47 Å². The van der Waals surface area contributed by atoms with Crippen LogP contribution in [0.25, 0.3) is 0 Å². The molecule has 0 spiro atoms. The summed E-state index contributed by atoms with van der Waals surface area (Å²) in [6.07, 6.45) is -4.85. The van der Waals surface area contributed by atoms with Crippen LogP contribution in [0.5, 0.6) is 0 Å². The Morgan fingerprint density at radius 1 is 1.43 bits per heavy atom. The lowest BCUT2D eigenvalue weighted by Gasteiger charge is -2.58. The number of hydrogen-bond acceptors (Lipinski definition) is 6. The highest BCUT2D eigenvalue weighted by Gasteiger charge is 2.79. The van der Waals surface area contributed by atoms with Gasteiger partial charge in [-0.25, -0.2) is 0 Å². The molecule has 0 N–H and O–H groups in total. The van der Waals surface area contributed by atoms with E-state index in [-0.39, 0.29) is 32.9 Å². The molecular weight excluding hydrogens is 321 g/mol. The van der Waals surface area contributed by atoms with Crippen LogP contribution in [0.4, 0.5) is 13.2 Å². The molecule has 7 nitrogen and oxygen atoms in total. The number of halogens is 3. The van der Waals surface area contributed by atoms with Crippen molar-refractivity contribution >= 4 is 5.97 Å². The molecule has 1 aliphatic carbocycles. The van der Waals surface area contributed by atoms with Crippen LogP contribution in [-0.4, -0.2) is 66.5 Å². The van der Waals surface area contributed by atoms with Gasteiger partial charge in [-0.2, -0.15) is 13.2 Å². The van der Waals surface area contributed by atoms with Crippen LogP contribution in [0, 0.1) is 22.0 Å². The lowest BCUT2D eigenvalue weighted by Crippen LogP contribution is -2.80. The molecule has 132 valence electrons. The van der Waals surface area contributed by atoms with Gasteiger partial charge >= 0.3 is 12.1 Å². The first-order chi connectivity index (χ1) is 10.7. The second kappa shape index (κ2) is 6.23. The van der Waals surface area contributed by atoms with E-state index in [0.717, 1.165) is 0 Å². The van der Waals surface area contributed by atoms with Gasteiger partial charge in [0.15, 0.2) is 0 Å². The van der Waals surface area contributed by atoms with Crippen molar-refractivity contribution in [2.75, 3.05) is 32.9 Å². The fourth-order valence-electron chi connectivity index (χ4n) is 3.73. The van der Waals surface area contributed by atoms with Crippen molar-refractivity contribution < 1.29 is 32.4 Å². The van der Waals surface area contributed by atoms with E-state index in [1.165, 1.54) is 13.8 Å². The van der Waals surface area contributed by atoms with E-state index in [0.29, 0.717) is 0 Å². The maximum absolute atomic E-state index is 13.3. The van der Waals surface area contributed by atoms with E-state index in [1.54, 1.807) is 4.90 Å². The Kier molecular flexibility index (Phi) is 4.86. The Morgan fingerprint density at radius 2 is 2.00 bits per heavy atom. The van der Waals surface area contributed by atoms with Crippen molar-refractivity contribution in [3.05, 3.63) is 10.1 Å². The SMILES string of the molecule is CCOC(=O)[C@H]1[C@H](C(F)(F)F)[C@@H]([N+](=O)[O-])C1(C)N1CCOCC1. The van der Waals surface area contributed by atoms with Gasteiger partial charge in [0.2, 0.25) is 6.04 Å². The van der Waals surface area contributed by atoms with Crippen molar-refractivity contribution in [3.8, 4) is 0 Å². The Morgan fingerprint density at radius 3 is 2.43 bits per heavy atom. The molecule has 2 fully saturated rings. The first-order valence-corrected chi connectivity index (χ1v) is 7.35. The summed E-state index contributed by atoms with van der Waals surface area (Å²) in [7, 11) is 0. The van der Waals surface area contributed by atoms with Crippen LogP contribution >= 0.6 is 0 Å². The molecule has 1 saturated heterocycles. The summed E-state index contributed by atoms with van der Waals surface area (Å²) in [6.45, 7) is 3.73. The summed E-state index contributed by atoms with van der Waals surface area (Å²) in [5, 5.41) is 11.3. The zero-order valence-electron chi connectivity index (χ0n) is 12.8. The fourth-order valence-corrected chi connectivity index (χ4v) is 3.73. The van der Waals surface area contributed by atoms with Crippen molar-refractivity contribution in [3.63, 3.8) is 0 Å². The highest BCUT2D eigenvalue weighted by molar-refractivity contribution is 5.77. The van der Waals surface area contributed by atoms with E-state index in [2.05, 4.69) is 0 Å². The van der Waals surface area contributed by atoms with Gasteiger partial charge < -0.3 is 9.47 Å². The van der Waals surface area contributed by atoms with Gasteiger partial charge in [0.05, 0.1) is 25.7 Å². The summed E-state index contributed by atoms with van der Waals surface area (Å²) in [6, 6.07) is -1.91. The summed E-state index contributed by atoms with van der Waals surface area (Å²) in [4.78, 5) is 24.0. The average Bonchev–Trinajstić information content (AvgIpc) is 2.44. The Balaban J connectivity index is 2.41. The van der Waals surface area contributed by atoms with E-state index >= 15 is 0 Å². The number of hydrogen-bond donors (Lipinski definition) is 0. The highest BCUT2D eigenvalue weighted by Crippen LogP contribution is 2.56. The van der Waals surface area contributed by atoms with Gasteiger partial charge in [0.25, 0.3) is 0 Å². The quantitative estimate of drug-likeness (QED) is 0.433. The van der Waals surface area contributed by atoms with Crippen LogP contribution in [0.15, 0.2) is 0 Å². The van der Waals surface area contributed by atoms with Gasteiger partial charge in [-0.1, -0.05) is 0 Å². The van der Waals surface area contributed by atoms with Crippen molar-refractivity contribution in [2.45, 2.75) is 31.6 Å². The molecule has 1 heterocycles. The molecule has 10 heteroatoms. The minimum atomic E-state index is -4.85. The number of nitrogens with zero attached hydrogens (tertiary/aromatic N) is 2. The summed E-state index contributed by atoms with van der Waals surface area (Å²) >= 11 is 0. The van der Waals surface area contributed by atoms with Crippen LogP contribution in [0.3, 0.4) is 0 Å². The third-order valence-electron chi connectivity index (χ3n) is 4.77. The molecule has 0 aromatic heterocycles. The van der Waals surface area contributed by atoms with Crippen LogP contribution in [-0.2, 0) is 14.3 Å². The number of esters is 1. The van der Waals surface area contributed by atoms with Crippen molar-refractivity contribution in [1.82, 2.24) is 4.90 Å². The van der Waals surface area contributed by atoms with Crippen LogP contribution < -0.4 is 0 Å². The van der Waals surface area contributed by atoms with E-state index < -0.39 is 40.5 Å². The molecule has 0 radical (unpaired) electrons. The predicted molar refractivity (Wildman–Crippen MR) is 71.2 cm³/mol. The lowest BCUT2D eigenvalue weighted by atomic mass is 9.54. The second-order valence-electron chi connectivity index (χ2n) is 5.85. The zero-order chi connectivity index (χ0) is 17.4. The molecule has 1 unspecified atom stereocenters. The normalized spacial score (nSPS) is 35.4. The molecule has 0 aromatic rings. The molecule has 1 saturated carbocycles. The van der Waals surface area contributed by atoms with Gasteiger partial charge in [-0.15, -0.1) is 0 Å². The number of morpholine rings is 1. The van der Waals surface area contributed by atoms with Gasteiger partial charge in [-0.05, 0) is 13.8 Å². The molecule has 2 rings (SSSR count). The topological polar surface area (TPSA) is 81.9 Å². The van der Waals surface area contributed by atoms with Crippen molar-refractivity contribution in [1.29, 1.82) is 0 Å². The number of ether oxygens (including phenoxy) is 2. The standard InChI is InChI=1S/C13H19F3N2O5/c1-3-23-11(19)9-8(13(14,15)16)10(18(20)21)12(9,2)17-4-6-22-7-5-17/h8-10H,3-7H2,1-2H3/t8-,9+,10+,12?/m0/s1. The maximum Gasteiger partial charge on any atom is 0.399 e. The number of nitro groups is 1. The Hall–Kier alpha value is -1.42. The second-order valence-corrected chi connectivity index (χ2v) is 5.85. The lowest BCUT2D eigenvalue weighted by molar-refractivity contribution is -0.588. The third kappa shape index (κ3) is 2.89. The van der Waals surface area contributed by atoms with Gasteiger partial charge in [0, 0.05) is 18.0 Å². The summed E-state index contributed by atoms with van der Waals surface area (Å²) in [5.41, 5.74) is -1.54. The average molecular weight is 340 g/mol. The number of carbonyl (C=O) groups is 1. The number of rotatable bonds is 4. The minimum Gasteiger partial charge on any atom is -0.466 e. The largest absolute Gasteiger partial charge is 0.466 e. The molecule has 1 aliphatic heterocycles. The van der Waals surface area contributed by atoms with Crippen LogP contribution in [0.2, 0.25) is 0 Å². The van der Waals surface area contributed by atoms with E-state index in [1.807, 2.05) is 0 Å². The molecule has 23 heavy (non-hydrogen) atoms. The third-order valence-corrected chi connectivity index (χ3v) is 4.77. The molecule has 0 amide bonds. The minimum absolute atomic E-state index is 0.0811. The van der Waals surface area contributed by atoms with Gasteiger partial charge in [0.1, 0.15) is 11.5 Å². The Labute approximate surface area is 130 Å². The van der Waals surface area contributed by atoms with Gasteiger partial charge in [-0.3, -0.25) is 19.8 Å². The maximum atomic E-state index is 13.3. The number of alkyl halides is 3.